The number of nitrogens with one attached hydrogen (secondary N) is 1. The summed E-state index contributed by atoms with van der Waals surface area (Å²) in [5.74, 6) is -2.39. The molecule has 1 aliphatic rings. The molecule has 0 radical (unpaired) electrons. The van der Waals surface area contributed by atoms with Gasteiger partial charge in [0.25, 0.3) is 5.91 Å². The molecule has 1 amide bonds. The van der Waals surface area contributed by atoms with Crippen LogP contribution in [-0.2, 0) is 11.8 Å². The molecule has 0 unspecified atom stereocenters. The van der Waals surface area contributed by atoms with Gasteiger partial charge in [0, 0.05) is 13.7 Å². The minimum atomic E-state index is -1.24. The van der Waals surface area contributed by atoms with Crippen LogP contribution >= 0.6 is 11.6 Å². The minimum absolute atomic E-state index is 0.00307. The highest BCUT2D eigenvalue weighted by Crippen LogP contribution is 2.31. The van der Waals surface area contributed by atoms with Crippen LogP contribution in [0.2, 0.25) is 5.02 Å². The fourth-order valence-corrected chi connectivity index (χ4v) is 2.97. The highest BCUT2D eigenvalue weighted by molar-refractivity contribution is 6.30. The summed E-state index contributed by atoms with van der Waals surface area (Å²) in [6.07, 6.45) is 1.09. The third-order valence-corrected chi connectivity index (χ3v) is 4.37. The number of aromatic carboxylic acids is 1. The first-order chi connectivity index (χ1) is 11.9. The van der Waals surface area contributed by atoms with E-state index < -0.39 is 29.8 Å². The zero-order chi connectivity index (χ0) is 18.1. The minimum Gasteiger partial charge on any atom is -0.478 e. The SMILES string of the molecule is Cn1ncc(C(=O)O)c1C(=O)N[C@@H]1CCO[C@H]1c1ccc(Cl)c(F)c1. The van der Waals surface area contributed by atoms with Gasteiger partial charge in [-0.2, -0.15) is 5.10 Å². The van der Waals surface area contributed by atoms with Gasteiger partial charge in [-0.05, 0) is 24.1 Å². The van der Waals surface area contributed by atoms with E-state index in [9.17, 15) is 14.0 Å². The van der Waals surface area contributed by atoms with Gasteiger partial charge in [0.1, 0.15) is 23.2 Å². The Morgan fingerprint density at radius 3 is 2.92 bits per heavy atom. The normalized spacial score (nSPS) is 19.8. The average Bonchev–Trinajstić information content (AvgIpc) is 3.16. The zero-order valence-electron chi connectivity index (χ0n) is 13.2. The summed E-state index contributed by atoms with van der Waals surface area (Å²) in [5, 5.41) is 15.7. The molecule has 3 rings (SSSR count). The molecule has 7 nitrogen and oxygen atoms in total. The Morgan fingerprint density at radius 1 is 1.48 bits per heavy atom. The van der Waals surface area contributed by atoms with Crippen molar-refractivity contribution in [3.8, 4) is 0 Å². The maximum atomic E-state index is 13.7. The number of carboxylic acid groups (broad SMARTS) is 1. The number of aromatic nitrogens is 2. The Bertz CT molecular complexity index is 839. The molecule has 1 saturated heterocycles. The first-order valence-corrected chi connectivity index (χ1v) is 7.89. The quantitative estimate of drug-likeness (QED) is 0.863. The topological polar surface area (TPSA) is 93.5 Å². The van der Waals surface area contributed by atoms with E-state index in [0.29, 0.717) is 18.6 Å². The van der Waals surface area contributed by atoms with Crippen molar-refractivity contribution < 1.29 is 23.8 Å². The number of amides is 1. The second kappa shape index (κ2) is 6.81. The molecule has 1 fully saturated rings. The van der Waals surface area contributed by atoms with Crippen molar-refractivity contribution in [2.75, 3.05) is 6.61 Å². The molecule has 0 saturated carbocycles. The standard InChI is InChI=1S/C16H15ClFN3O4/c1-21-13(9(7-19-21)16(23)24)15(22)20-12-4-5-25-14(12)8-2-3-10(17)11(18)6-8/h2-3,6-7,12,14H,4-5H2,1H3,(H,20,22)(H,23,24)/t12-,14+/m1/s1. The fraction of sp³-hybridized carbons (Fsp3) is 0.312. The molecule has 2 atom stereocenters. The zero-order valence-corrected chi connectivity index (χ0v) is 14.0. The van der Waals surface area contributed by atoms with Crippen LogP contribution < -0.4 is 5.32 Å². The van der Waals surface area contributed by atoms with Crippen LogP contribution in [0.4, 0.5) is 4.39 Å². The van der Waals surface area contributed by atoms with Crippen molar-refractivity contribution in [2.45, 2.75) is 18.6 Å². The van der Waals surface area contributed by atoms with Crippen molar-refractivity contribution >= 4 is 23.5 Å². The second-order valence-corrected chi connectivity index (χ2v) is 6.08. The van der Waals surface area contributed by atoms with Crippen LogP contribution in [0.1, 0.15) is 38.9 Å². The molecule has 1 aromatic carbocycles. The summed E-state index contributed by atoms with van der Waals surface area (Å²) >= 11 is 5.69. The first kappa shape index (κ1) is 17.4. The highest BCUT2D eigenvalue weighted by Gasteiger charge is 2.33. The van der Waals surface area contributed by atoms with Gasteiger partial charge in [0.05, 0.1) is 17.3 Å². The maximum absolute atomic E-state index is 13.7. The molecule has 2 N–H and O–H groups in total. The highest BCUT2D eigenvalue weighted by atomic mass is 35.5. The summed E-state index contributed by atoms with van der Waals surface area (Å²) in [6.45, 7) is 0.386. The number of hydrogen-bond donors (Lipinski definition) is 2. The number of nitrogens with zero attached hydrogens (tertiary/aromatic N) is 2. The third kappa shape index (κ3) is 3.35. The summed E-state index contributed by atoms with van der Waals surface area (Å²) < 4.78 is 20.5. The predicted octanol–water partition coefficient (Wildman–Crippen LogP) is 2.17. The van der Waals surface area contributed by atoms with Crippen LogP contribution in [0.15, 0.2) is 24.4 Å². The maximum Gasteiger partial charge on any atom is 0.339 e. The van der Waals surface area contributed by atoms with Gasteiger partial charge in [-0.1, -0.05) is 17.7 Å². The molecule has 0 aliphatic carbocycles. The number of aryl methyl sites for hydroxylation is 1. The number of hydrogen-bond acceptors (Lipinski definition) is 4. The number of carbonyl (C=O) groups is 2. The van der Waals surface area contributed by atoms with Gasteiger partial charge in [-0.3, -0.25) is 9.48 Å². The van der Waals surface area contributed by atoms with E-state index in [-0.39, 0.29) is 16.3 Å². The summed E-state index contributed by atoms with van der Waals surface area (Å²) in [7, 11) is 1.48. The largest absolute Gasteiger partial charge is 0.478 e. The Hall–Kier alpha value is -2.45. The van der Waals surface area contributed by atoms with Gasteiger partial charge >= 0.3 is 5.97 Å². The van der Waals surface area contributed by atoms with Gasteiger partial charge in [0.15, 0.2) is 0 Å². The Labute approximate surface area is 147 Å². The predicted molar refractivity (Wildman–Crippen MR) is 86.1 cm³/mol. The lowest BCUT2D eigenvalue weighted by Crippen LogP contribution is -2.38. The average molecular weight is 368 g/mol. The summed E-state index contributed by atoms with van der Waals surface area (Å²) in [4.78, 5) is 23.7. The Balaban J connectivity index is 1.82. The molecule has 2 aromatic rings. The lowest BCUT2D eigenvalue weighted by molar-refractivity contribution is 0.0687. The van der Waals surface area contributed by atoms with Crippen LogP contribution in [0.3, 0.4) is 0 Å². The molecular formula is C16H15ClFN3O4. The Morgan fingerprint density at radius 2 is 2.24 bits per heavy atom. The van der Waals surface area contributed by atoms with E-state index in [1.807, 2.05) is 0 Å². The van der Waals surface area contributed by atoms with E-state index in [1.165, 1.54) is 23.9 Å². The third-order valence-electron chi connectivity index (χ3n) is 4.06. The van der Waals surface area contributed by atoms with Gasteiger partial charge < -0.3 is 15.2 Å². The lowest BCUT2D eigenvalue weighted by Gasteiger charge is -2.20. The molecule has 132 valence electrons. The van der Waals surface area contributed by atoms with E-state index >= 15 is 0 Å². The number of ether oxygens (including phenoxy) is 1. The molecular weight excluding hydrogens is 353 g/mol. The second-order valence-electron chi connectivity index (χ2n) is 5.67. The lowest BCUT2D eigenvalue weighted by atomic mass is 10.0. The number of carboxylic acids is 1. The van der Waals surface area contributed by atoms with Gasteiger partial charge in [-0.25, -0.2) is 9.18 Å². The number of halogens is 2. The van der Waals surface area contributed by atoms with Crippen LogP contribution in [-0.4, -0.2) is 39.4 Å². The molecule has 1 aliphatic heterocycles. The van der Waals surface area contributed by atoms with E-state index in [2.05, 4.69) is 10.4 Å². The van der Waals surface area contributed by atoms with Crippen LogP contribution in [0.5, 0.6) is 0 Å². The van der Waals surface area contributed by atoms with Crippen LogP contribution in [0.25, 0.3) is 0 Å². The van der Waals surface area contributed by atoms with E-state index in [4.69, 9.17) is 21.4 Å². The van der Waals surface area contributed by atoms with E-state index in [0.717, 1.165) is 6.20 Å². The summed E-state index contributed by atoms with van der Waals surface area (Å²) in [6, 6.07) is 3.90. The monoisotopic (exact) mass is 367 g/mol. The van der Waals surface area contributed by atoms with Crippen LogP contribution in [0, 0.1) is 5.82 Å². The van der Waals surface area contributed by atoms with Gasteiger partial charge in [-0.15, -0.1) is 0 Å². The molecule has 1 aromatic heterocycles. The van der Waals surface area contributed by atoms with Gasteiger partial charge in [0.2, 0.25) is 0 Å². The molecule has 2 heterocycles. The van der Waals surface area contributed by atoms with Crippen molar-refractivity contribution in [1.82, 2.24) is 15.1 Å². The molecule has 0 bridgehead atoms. The Kier molecular flexibility index (Phi) is 4.73. The number of carbonyl (C=O) groups excluding carboxylic acids is 1. The van der Waals surface area contributed by atoms with Crippen molar-refractivity contribution in [3.05, 3.63) is 52.1 Å². The van der Waals surface area contributed by atoms with Crippen molar-refractivity contribution in [3.63, 3.8) is 0 Å². The van der Waals surface area contributed by atoms with Crippen molar-refractivity contribution in [2.24, 2.45) is 7.05 Å². The molecule has 0 spiro atoms. The molecule has 25 heavy (non-hydrogen) atoms. The number of benzene rings is 1. The van der Waals surface area contributed by atoms with E-state index in [1.54, 1.807) is 6.07 Å². The summed E-state index contributed by atoms with van der Waals surface area (Å²) in [5.41, 5.74) is 0.307. The van der Waals surface area contributed by atoms with Crippen molar-refractivity contribution in [1.29, 1.82) is 0 Å². The first-order valence-electron chi connectivity index (χ1n) is 7.51. The smallest absolute Gasteiger partial charge is 0.339 e. The number of rotatable bonds is 4. The fourth-order valence-electron chi connectivity index (χ4n) is 2.86. The molecule has 9 heteroatoms.